The van der Waals surface area contributed by atoms with Crippen molar-refractivity contribution in [2.24, 2.45) is 0 Å². The monoisotopic (exact) mass is 492 g/mol. The second kappa shape index (κ2) is 9.65. The van der Waals surface area contributed by atoms with Crippen molar-refractivity contribution in [2.45, 2.75) is 9.79 Å². The van der Waals surface area contributed by atoms with Crippen molar-refractivity contribution in [1.29, 1.82) is 0 Å². The summed E-state index contributed by atoms with van der Waals surface area (Å²) in [4.78, 5) is 22.1. The molecule has 10 heteroatoms. The van der Waals surface area contributed by atoms with E-state index in [1.807, 2.05) is 12.1 Å². The lowest BCUT2D eigenvalue weighted by Gasteiger charge is -2.13. The summed E-state index contributed by atoms with van der Waals surface area (Å²) in [6, 6.07) is 15.5. The molecule has 3 aromatic carbocycles. The van der Waals surface area contributed by atoms with E-state index in [-0.39, 0.29) is 30.4 Å². The Bertz CT molecular complexity index is 1300. The van der Waals surface area contributed by atoms with Gasteiger partial charge >= 0.3 is 5.97 Å². The molecule has 0 amide bonds. The molecule has 6 nitrogen and oxygen atoms in total. The van der Waals surface area contributed by atoms with Crippen LogP contribution in [0.5, 0.6) is 0 Å². The maximum absolute atomic E-state index is 11.3. The number of rotatable bonds is 3. The molecule has 31 heavy (non-hydrogen) atoms. The first-order chi connectivity index (χ1) is 13.8. The first-order valence-electron chi connectivity index (χ1n) is 8.56. The summed E-state index contributed by atoms with van der Waals surface area (Å²) >= 11 is 8.65. The molecule has 4 rings (SSSR count). The van der Waals surface area contributed by atoms with Gasteiger partial charge in [-0.25, -0.2) is 14.8 Å². The molecule has 5 N–H and O–H groups in total. The fourth-order valence-corrected chi connectivity index (χ4v) is 3.27. The fourth-order valence-electron chi connectivity index (χ4n) is 2.99. The Morgan fingerprint density at radius 3 is 1.68 bits per heavy atom. The highest BCUT2D eigenvalue weighted by atomic mass is 35.5. The van der Waals surface area contributed by atoms with Gasteiger partial charge < -0.3 is 16.6 Å². The molecular weight excluding hydrogens is 475 g/mol. The van der Waals surface area contributed by atoms with E-state index in [0.29, 0.717) is 43.6 Å². The Kier molecular flexibility index (Phi) is 7.67. The minimum absolute atomic E-state index is 0. The van der Waals surface area contributed by atoms with Crippen molar-refractivity contribution in [3.8, 4) is 22.5 Å². The zero-order valence-electron chi connectivity index (χ0n) is 15.8. The number of hydrogen-bond acceptors (Lipinski definition) is 7. The fraction of sp³-hybridized carbons (Fsp3) is 0. The largest absolute Gasteiger partial charge is 0.478 e. The molecule has 0 bridgehead atoms. The number of benzene rings is 3. The van der Waals surface area contributed by atoms with Gasteiger partial charge in [-0.15, -0.1) is 50.1 Å². The molecule has 160 valence electrons. The Hall–Kier alpha value is -2.65. The number of anilines is 2. The third-order valence-electron chi connectivity index (χ3n) is 4.51. The van der Waals surface area contributed by atoms with Crippen LogP contribution < -0.4 is 11.5 Å². The number of carboxylic acid groups (broad SMARTS) is 1. The molecule has 0 spiro atoms. The minimum Gasteiger partial charge on any atom is -0.478 e. The van der Waals surface area contributed by atoms with Crippen molar-refractivity contribution >= 4 is 78.4 Å². The number of carbonyl (C=O) groups is 1. The van der Waals surface area contributed by atoms with E-state index in [0.717, 1.165) is 11.1 Å². The van der Waals surface area contributed by atoms with Gasteiger partial charge in [0.15, 0.2) is 0 Å². The summed E-state index contributed by atoms with van der Waals surface area (Å²) < 4.78 is 0. The van der Waals surface area contributed by atoms with Crippen LogP contribution in [0.1, 0.15) is 10.4 Å². The Balaban J connectivity index is 0.00000171. The van der Waals surface area contributed by atoms with Crippen molar-refractivity contribution in [3.05, 3.63) is 60.2 Å². The SMILES string of the molecule is Cl.Cl.Nc1cc(-c2nc3ccc(C(=O)O)cc3nc2-c2ccc(S)c(N)c2)ccc1S. The number of carboxylic acids is 1. The molecule has 0 saturated carbocycles. The van der Waals surface area contributed by atoms with Gasteiger partial charge in [0.1, 0.15) is 0 Å². The number of thiol groups is 2. The molecule has 4 aromatic rings. The van der Waals surface area contributed by atoms with Crippen LogP contribution in [0.3, 0.4) is 0 Å². The quantitative estimate of drug-likeness (QED) is 0.197. The topological polar surface area (TPSA) is 115 Å². The first kappa shape index (κ1) is 24.6. The molecule has 0 aliphatic rings. The third kappa shape index (κ3) is 4.83. The van der Waals surface area contributed by atoms with Crippen LogP contribution in [-0.4, -0.2) is 21.0 Å². The molecule has 1 aromatic heterocycles. The van der Waals surface area contributed by atoms with Crippen molar-refractivity contribution in [2.75, 3.05) is 11.5 Å². The summed E-state index contributed by atoms with van der Waals surface area (Å²) in [5.74, 6) is -1.03. The van der Waals surface area contributed by atoms with E-state index < -0.39 is 5.97 Å². The lowest BCUT2D eigenvalue weighted by Crippen LogP contribution is -2.00. The average molecular weight is 493 g/mol. The normalized spacial score (nSPS) is 10.3. The molecule has 1 heterocycles. The van der Waals surface area contributed by atoms with Crippen molar-refractivity contribution in [3.63, 3.8) is 0 Å². The smallest absolute Gasteiger partial charge is 0.335 e. The van der Waals surface area contributed by atoms with Crippen molar-refractivity contribution in [1.82, 2.24) is 9.97 Å². The predicted octanol–water partition coefficient (Wildman–Crippen LogP) is 5.25. The predicted molar refractivity (Wildman–Crippen MR) is 135 cm³/mol. The summed E-state index contributed by atoms with van der Waals surface area (Å²) in [6.07, 6.45) is 0. The highest BCUT2D eigenvalue weighted by Gasteiger charge is 2.16. The standard InChI is InChI=1S/C21H16N4O2S2.2ClH/c22-13-7-10(2-5-17(13)28)19-20(11-3-6-18(29)14(23)8-11)25-16-9-12(21(26)27)1-4-15(16)24-19;;/h1-9,28-29H,22-23H2,(H,26,27);2*1H. The van der Waals surface area contributed by atoms with Gasteiger partial charge in [0.05, 0.1) is 28.0 Å². The molecule has 0 aliphatic heterocycles. The lowest BCUT2D eigenvalue weighted by atomic mass is 10.0. The Morgan fingerprint density at radius 1 is 0.742 bits per heavy atom. The van der Waals surface area contributed by atoms with Crippen LogP contribution in [0, 0.1) is 0 Å². The van der Waals surface area contributed by atoms with Gasteiger partial charge in [-0.1, -0.05) is 12.1 Å². The van der Waals surface area contributed by atoms with Gasteiger partial charge in [0, 0.05) is 32.3 Å². The van der Waals surface area contributed by atoms with Crippen LogP contribution in [0.2, 0.25) is 0 Å². The van der Waals surface area contributed by atoms with Gasteiger partial charge in [0.25, 0.3) is 0 Å². The molecular formula is C21H18Cl2N4O2S2. The van der Waals surface area contributed by atoms with E-state index in [1.165, 1.54) is 12.1 Å². The van der Waals surface area contributed by atoms with Gasteiger partial charge in [-0.05, 0) is 42.5 Å². The molecule has 0 unspecified atom stereocenters. The second-order valence-electron chi connectivity index (χ2n) is 6.48. The number of aromatic carboxylic acids is 1. The maximum Gasteiger partial charge on any atom is 0.335 e. The third-order valence-corrected chi connectivity index (χ3v) is 5.33. The van der Waals surface area contributed by atoms with Crippen LogP contribution in [0.4, 0.5) is 11.4 Å². The van der Waals surface area contributed by atoms with Crippen LogP contribution in [-0.2, 0) is 0 Å². The molecule has 0 atom stereocenters. The van der Waals surface area contributed by atoms with Crippen molar-refractivity contribution < 1.29 is 9.90 Å². The van der Waals surface area contributed by atoms with Gasteiger partial charge in [-0.2, -0.15) is 0 Å². The van der Waals surface area contributed by atoms with E-state index in [1.54, 1.807) is 30.3 Å². The number of nitrogens with zero attached hydrogens (tertiary/aromatic N) is 2. The highest BCUT2D eigenvalue weighted by molar-refractivity contribution is 7.80. The number of hydrogen-bond donors (Lipinski definition) is 5. The van der Waals surface area contributed by atoms with Crippen LogP contribution in [0.15, 0.2) is 64.4 Å². The average Bonchev–Trinajstić information content (AvgIpc) is 2.70. The summed E-state index contributed by atoms with van der Waals surface area (Å²) in [7, 11) is 0. The molecule has 0 aliphatic carbocycles. The highest BCUT2D eigenvalue weighted by Crippen LogP contribution is 2.35. The van der Waals surface area contributed by atoms with E-state index in [4.69, 9.17) is 21.4 Å². The summed E-state index contributed by atoms with van der Waals surface area (Å²) in [5.41, 5.74) is 16.9. The number of nitrogen functional groups attached to an aromatic ring is 2. The number of halogens is 2. The van der Waals surface area contributed by atoms with E-state index in [9.17, 15) is 9.90 Å². The molecule has 0 fully saturated rings. The lowest BCUT2D eigenvalue weighted by molar-refractivity contribution is 0.0697. The van der Waals surface area contributed by atoms with Gasteiger partial charge in [0.2, 0.25) is 0 Å². The zero-order valence-corrected chi connectivity index (χ0v) is 19.2. The maximum atomic E-state index is 11.3. The number of fused-ring (bicyclic) bond motifs is 1. The van der Waals surface area contributed by atoms with Crippen LogP contribution >= 0.6 is 50.1 Å². The molecule has 0 radical (unpaired) electrons. The Labute approximate surface area is 201 Å². The van der Waals surface area contributed by atoms with Crippen LogP contribution in [0.25, 0.3) is 33.5 Å². The number of aromatic nitrogens is 2. The van der Waals surface area contributed by atoms with E-state index >= 15 is 0 Å². The number of nitrogens with two attached hydrogens (primary N) is 2. The second-order valence-corrected chi connectivity index (χ2v) is 7.44. The first-order valence-corrected chi connectivity index (χ1v) is 9.46. The summed E-state index contributed by atoms with van der Waals surface area (Å²) in [6.45, 7) is 0. The summed E-state index contributed by atoms with van der Waals surface area (Å²) in [5, 5.41) is 9.29. The Morgan fingerprint density at radius 2 is 1.23 bits per heavy atom. The minimum atomic E-state index is -1.03. The molecule has 0 saturated heterocycles. The van der Waals surface area contributed by atoms with Gasteiger partial charge in [-0.3, -0.25) is 0 Å². The zero-order chi connectivity index (χ0) is 20.7. The van der Waals surface area contributed by atoms with E-state index in [2.05, 4.69) is 25.3 Å².